The molecule has 0 N–H and O–H groups in total. The van der Waals surface area contributed by atoms with Crippen molar-refractivity contribution in [3.8, 4) is 0 Å². The van der Waals surface area contributed by atoms with E-state index in [2.05, 4.69) is 0 Å². The van der Waals surface area contributed by atoms with E-state index < -0.39 is 5.97 Å². The van der Waals surface area contributed by atoms with E-state index in [9.17, 15) is 9.90 Å². The average molecular weight is 195 g/mol. The fourth-order valence-electron chi connectivity index (χ4n) is 1.05. The van der Waals surface area contributed by atoms with Gasteiger partial charge in [-0.05, 0) is 0 Å². The second-order valence-electron chi connectivity index (χ2n) is 2.93. The number of likely N-dealkylation sites (N-methyl/N-ethyl adjacent to an activating group) is 1. The first-order chi connectivity index (χ1) is 6.61. The molecule has 0 fully saturated rings. The Morgan fingerprint density at radius 3 is 2.29 bits per heavy atom. The Morgan fingerprint density at radius 1 is 1.21 bits per heavy atom. The molecule has 1 rings (SSSR count). The van der Waals surface area contributed by atoms with E-state index in [-0.39, 0.29) is 6.54 Å². The normalized spacial score (nSPS) is 10.2. The van der Waals surface area contributed by atoms with Gasteiger partial charge in [0.2, 0.25) is 12.4 Å². The van der Waals surface area contributed by atoms with Crippen molar-refractivity contribution >= 4 is 5.97 Å². The maximum atomic E-state index is 10.4. The lowest BCUT2D eigenvalue weighted by Gasteiger charge is -2.20. The first-order valence-electron chi connectivity index (χ1n) is 4.22. The zero-order valence-corrected chi connectivity index (χ0v) is 8.25. The van der Waals surface area contributed by atoms with Gasteiger partial charge in [-0.15, -0.1) is 5.12 Å². The summed E-state index contributed by atoms with van der Waals surface area (Å²) in [6, 6.07) is 5.62. The molecule has 1 radical (unpaired) electrons. The minimum Gasteiger partial charge on any atom is -0.246 e. The Kier molecular flexibility index (Phi) is 3.41. The number of rotatable bonds is 4. The molecule has 0 aliphatic rings. The lowest BCUT2D eigenvalue weighted by Crippen LogP contribution is -2.62. The predicted molar refractivity (Wildman–Crippen MR) is 49.1 cm³/mol. The van der Waals surface area contributed by atoms with E-state index in [1.54, 1.807) is 23.9 Å². The Labute approximate surface area is 82.7 Å². The monoisotopic (exact) mass is 195 g/mol. The molecular formula is C9H13N3O2+. The van der Waals surface area contributed by atoms with Gasteiger partial charge in [0.05, 0.1) is 7.05 Å². The van der Waals surface area contributed by atoms with Crippen LogP contribution in [0.5, 0.6) is 0 Å². The summed E-state index contributed by atoms with van der Waals surface area (Å²) < 4.78 is 1.77. The Morgan fingerprint density at radius 2 is 1.79 bits per heavy atom. The maximum absolute atomic E-state index is 10.4. The van der Waals surface area contributed by atoms with E-state index in [4.69, 9.17) is 0 Å². The van der Waals surface area contributed by atoms with E-state index in [0.717, 1.165) is 0 Å². The molecule has 1 aromatic heterocycles. The summed E-state index contributed by atoms with van der Waals surface area (Å²) in [5.74, 6) is -1.10. The zero-order valence-electron chi connectivity index (χ0n) is 8.25. The third-order valence-electron chi connectivity index (χ3n) is 1.89. The number of hydrogen-bond acceptors (Lipinski definition) is 3. The quantitative estimate of drug-likeness (QED) is 0.473. The van der Waals surface area contributed by atoms with Crippen molar-refractivity contribution in [2.45, 2.75) is 0 Å². The van der Waals surface area contributed by atoms with Gasteiger partial charge in [0.1, 0.15) is 6.54 Å². The van der Waals surface area contributed by atoms with Crippen LogP contribution in [0.2, 0.25) is 0 Å². The largest absolute Gasteiger partial charge is 0.371 e. The minimum atomic E-state index is -1.10. The van der Waals surface area contributed by atoms with Crippen LogP contribution in [0.15, 0.2) is 30.6 Å². The van der Waals surface area contributed by atoms with Gasteiger partial charge >= 0.3 is 5.97 Å². The van der Waals surface area contributed by atoms with Crippen molar-refractivity contribution in [2.75, 3.05) is 25.8 Å². The van der Waals surface area contributed by atoms with Crippen LogP contribution in [0.25, 0.3) is 0 Å². The maximum Gasteiger partial charge on any atom is 0.371 e. The highest BCUT2D eigenvalue weighted by Crippen LogP contribution is 1.84. The van der Waals surface area contributed by atoms with Gasteiger partial charge in [0, 0.05) is 19.2 Å². The van der Waals surface area contributed by atoms with Crippen LogP contribution in [0.3, 0.4) is 0 Å². The fraction of sp³-hybridized carbons (Fsp3) is 0.333. The summed E-state index contributed by atoms with van der Waals surface area (Å²) >= 11 is 0. The zero-order chi connectivity index (χ0) is 10.6. The van der Waals surface area contributed by atoms with Gasteiger partial charge in [0.15, 0.2) is 0 Å². The van der Waals surface area contributed by atoms with Crippen LogP contribution < -0.4 is 9.79 Å². The van der Waals surface area contributed by atoms with Gasteiger partial charge in [-0.25, -0.2) is 9.90 Å². The van der Waals surface area contributed by atoms with Crippen molar-refractivity contribution in [1.29, 1.82) is 0 Å². The van der Waals surface area contributed by atoms with E-state index in [1.807, 2.05) is 30.6 Å². The van der Waals surface area contributed by atoms with Crippen molar-refractivity contribution in [1.82, 2.24) is 5.01 Å². The van der Waals surface area contributed by atoms with Crippen LogP contribution in [0.1, 0.15) is 0 Å². The number of pyridine rings is 1. The number of hydrogen-bond donors (Lipinski definition) is 0. The number of nitrogens with zero attached hydrogens (tertiary/aromatic N) is 3. The topological polar surface area (TPSA) is 47.3 Å². The SMILES string of the molecule is CN(CC([O])=O)N(C)[n+]1ccccc1. The van der Waals surface area contributed by atoms with Crippen LogP contribution in [-0.2, 0) is 9.90 Å². The summed E-state index contributed by atoms with van der Waals surface area (Å²) in [6.45, 7) is -0.140. The minimum absolute atomic E-state index is 0.140. The van der Waals surface area contributed by atoms with E-state index in [0.29, 0.717) is 0 Å². The summed E-state index contributed by atoms with van der Waals surface area (Å²) in [5.41, 5.74) is 0. The second kappa shape index (κ2) is 4.57. The highest BCUT2D eigenvalue weighted by atomic mass is 16.4. The average Bonchev–Trinajstić information content (AvgIpc) is 2.17. The van der Waals surface area contributed by atoms with Crippen LogP contribution in [0, 0.1) is 0 Å². The summed E-state index contributed by atoms with van der Waals surface area (Å²) in [7, 11) is 3.44. The first kappa shape index (κ1) is 10.5. The van der Waals surface area contributed by atoms with Gasteiger partial charge in [-0.1, -0.05) is 10.7 Å². The number of carbonyl (C=O) groups excluding carboxylic acids is 1. The van der Waals surface area contributed by atoms with Gasteiger partial charge in [0.25, 0.3) is 0 Å². The summed E-state index contributed by atoms with van der Waals surface area (Å²) in [5, 5.41) is 13.6. The van der Waals surface area contributed by atoms with Gasteiger partial charge < -0.3 is 0 Å². The number of carbonyl (C=O) groups is 1. The standard InChI is InChI=1S/C9H13N3O2/c1-10(8-9(13)14)11(2)12-6-4-3-5-7-12/h3-7H,8H2,1-2H3/q+1. The van der Waals surface area contributed by atoms with Crippen LogP contribution >= 0.6 is 0 Å². The van der Waals surface area contributed by atoms with Gasteiger partial charge in [-0.3, -0.25) is 0 Å². The molecule has 0 saturated carbocycles. The highest BCUT2D eigenvalue weighted by Gasteiger charge is 2.16. The Bertz CT molecular complexity index is 302. The number of aromatic nitrogens is 1. The molecule has 0 amide bonds. The van der Waals surface area contributed by atoms with Crippen molar-refractivity contribution in [3.63, 3.8) is 0 Å². The molecule has 14 heavy (non-hydrogen) atoms. The molecule has 5 nitrogen and oxygen atoms in total. The lowest BCUT2D eigenvalue weighted by atomic mass is 10.5. The van der Waals surface area contributed by atoms with Crippen molar-refractivity contribution in [3.05, 3.63) is 30.6 Å². The Hall–Kier alpha value is -1.62. The van der Waals surface area contributed by atoms with Crippen molar-refractivity contribution in [2.24, 2.45) is 0 Å². The fourth-order valence-corrected chi connectivity index (χ4v) is 1.05. The Balaban J connectivity index is 2.65. The van der Waals surface area contributed by atoms with Gasteiger partial charge in [-0.2, -0.15) is 5.01 Å². The molecule has 0 saturated heterocycles. The summed E-state index contributed by atoms with van der Waals surface area (Å²) in [4.78, 5) is 10.4. The smallest absolute Gasteiger partial charge is 0.246 e. The highest BCUT2D eigenvalue weighted by molar-refractivity contribution is 5.68. The lowest BCUT2D eigenvalue weighted by molar-refractivity contribution is -0.709. The predicted octanol–water partition coefficient (Wildman–Crippen LogP) is -0.654. The molecule has 1 heterocycles. The molecule has 0 unspecified atom stereocenters. The molecule has 0 aromatic carbocycles. The second-order valence-corrected chi connectivity index (χ2v) is 2.93. The molecular weight excluding hydrogens is 182 g/mol. The molecule has 5 heteroatoms. The molecule has 0 atom stereocenters. The molecule has 75 valence electrons. The number of hydrazine groups is 1. The first-order valence-corrected chi connectivity index (χ1v) is 4.22. The third-order valence-corrected chi connectivity index (χ3v) is 1.89. The van der Waals surface area contributed by atoms with Crippen LogP contribution in [-0.4, -0.2) is 31.6 Å². The molecule has 0 aliphatic carbocycles. The van der Waals surface area contributed by atoms with E-state index >= 15 is 0 Å². The van der Waals surface area contributed by atoms with Crippen molar-refractivity contribution < 1.29 is 14.6 Å². The molecule has 1 aromatic rings. The summed E-state index contributed by atoms with van der Waals surface area (Å²) in [6.07, 6.45) is 3.65. The molecule has 0 spiro atoms. The van der Waals surface area contributed by atoms with E-state index in [1.165, 1.54) is 5.01 Å². The molecule has 0 bridgehead atoms. The third kappa shape index (κ3) is 2.70. The molecule has 0 aliphatic heterocycles. The van der Waals surface area contributed by atoms with Crippen LogP contribution in [0.4, 0.5) is 0 Å².